The molecular formula is C18H25FN2O3. The average molecular weight is 336 g/mol. The van der Waals surface area contributed by atoms with Crippen molar-refractivity contribution in [3.05, 3.63) is 35.6 Å². The van der Waals surface area contributed by atoms with Crippen LogP contribution in [-0.2, 0) is 4.74 Å². The van der Waals surface area contributed by atoms with Crippen molar-refractivity contribution in [1.82, 2.24) is 10.2 Å². The van der Waals surface area contributed by atoms with E-state index in [1.54, 1.807) is 17.0 Å². The quantitative estimate of drug-likeness (QED) is 0.888. The Hall–Kier alpha value is -1.66. The third-order valence-electron chi connectivity index (χ3n) is 4.99. The highest BCUT2D eigenvalue weighted by atomic mass is 19.1. The predicted molar refractivity (Wildman–Crippen MR) is 88.0 cm³/mol. The molecule has 5 nitrogen and oxygen atoms in total. The highest BCUT2D eigenvalue weighted by Gasteiger charge is 2.28. The van der Waals surface area contributed by atoms with Crippen LogP contribution in [0.1, 0.15) is 37.4 Å². The maximum Gasteiger partial charge on any atom is 0.317 e. The molecule has 2 N–H and O–H groups in total. The Bertz CT molecular complexity index is 538. The standard InChI is InChI=1S/C18H25FN2O3/c19-15-5-3-13(4-6-15)17(22)14-7-9-21(10-8-14)18(23)20-12-16-2-1-11-24-16/h3-6,14,16-17,22H,1-2,7-12H2,(H,20,23)/t16-,17+/m1/s1. The normalized spacial score (nSPS) is 23.2. The number of hydrogen-bond donors (Lipinski definition) is 2. The summed E-state index contributed by atoms with van der Waals surface area (Å²) in [7, 11) is 0. The molecule has 0 bridgehead atoms. The van der Waals surface area contributed by atoms with Crippen molar-refractivity contribution in [2.75, 3.05) is 26.2 Å². The average Bonchev–Trinajstić information content (AvgIpc) is 3.13. The molecule has 2 aliphatic rings. The van der Waals surface area contributed by atoms with Gasteiger partial charge in [-0.3, -0.25) is 0 Å². The molecule has 1 aromatic rings. The van der Waals surface area contributed by atoms with E-state index in [2.05, 4.69) is 5.32 Å². The highest BCUT2D eigenvalue weighted by Crippen LogP contribution is 2.30. The van der Waals surface area contributed by atoms with Crippen LogP contribution < -0.4 is 5.32 Å². The molecule has 0 radical (unpaired) electrons. The van der Waals surface area contributed by atoms with Gasteiger partial charge in [0.15, 0.2) is 0 Å². The Kier molecular flexibility index (Phi) is 5.68. The van der Waals surface area contributed by atoms with E-state index in [1.165, 1.54) is 12.1 Å². The van der Waals surface area contributed by atoms with Gasteiger partial charge in [-0.25, -0.2) is 9.18 Å². The Morgan fingerprint density at radius 2 is 2.00 bits per heavy atom. The van der Waals surface area contributed by atoms with Gasteiger partial charge in [-0.15, -0.1) is 0 Å². The molecule has 2 heterocycles. The predicted octanol–water partition coefficient (Wildman–Crippen LogP) is 2.46. The number of carbonyl (C=O) groups excluding carboxylic acids is 1. The van der Waals surface area contributed by atoms with Crippen LogP contribution in [0.3, 0.4) is 0 Å². The number of urea groups is 1. The monoisotopic (exact) mass is 336 g/mol. The Morgan fingerprint density at radius 1 is 1.29 bits per heavy atom. The van der Waals surface area contributed by atoms with Gasteiger partial charge in [0.25, 0.3) is 0 Å². The largest absolute Gasteiger partial charge is 0.388 e. The van der Waals surface area contributed by atoms with Gasteiger partial charge >= 0.3 is 6.03 Å². The summed E-state index contributed by atoms with van der Waals surface area (Å²) in [5.41, 5.74) is 0.734. The molecule has 1 aromatic carbocycles. The lowest BCUT2D eigenvalue weighted by molar-refractivity contribution is 0.0651. The van der Waals surface area contributed by atoms with E-state index >= 15 is 0 Å². The molecule has 2 fully saturated rings. The van der Waals surface area contributed by atoms with Crippen molar-refractivity contribution in [3.63, 3.8) is 0 Å². The molecule has 0 saturated carbocycles. The summed E-state index contributed by atoms with van der Waals surface area (Å²) >= 11 is 0. The smallest absolute Gasteiger partial charge is 0.317 e. The van der Waals surface area contributed by atoms with Crippen LogP contribution in [0, 0.1) is 11.7 Å². The summed E-state index contributed by atoms with van der Waals surface area (Å²) < 4.78 is 18.5. The number of nitrogens with zero attached hydrogens (tertiary/aromatic N) is 1. The van der Waals surface area contributed by atoms with Gasteiger partial charge in [0.1, 0.15) is 5.82 Å². The molecule has 2 saturated heterocycles. The van der Waals surface area contributed by atoms with E-state index in [-0.39, 0.29) is 23.9 Å². The molecule has 2 aliphatic heterocycles. The van der Waals surface area contributed by atoms with Crippen LogP contribution in [0.2, 0.25) is 0 Å². The Morgan fingerprint density at radius 3 is 2.62 bits per heavy atom. The summed E-state index contributed by atoms with van der Waals surface area (Å²) in [6, 6.07) is 5.93. The van der Waals surface area contributed by atoms with Crippen LogP contribution >= 0.6 is 0 Å². The molecule has 6 heteroatoms. The lowest BCUT2D eigenvalue weighted by Crippen LogP contribution is -2.46. The van der Waals surface area contributed by atoms with Gasteiger partial charge in [-0.1, -0.05) is 12.1 Å². The number of amides is 2. The van der Waals surface area contributed by atoms with Crippen molar-refractivity contribution in [1.29, 1.82) is 0 Å². The SMILES string of the molecule is O=C(NC[C@H]1CCCO1)N1CCC([C@@H](O)c2ccc(F)cc2)CC1. The summed E-state index contributed by atoms with van der Waals surface area (Å²) in [5, 5.41) is 13.4. The number of hydrogen-bond acceptors (Lipinski definition) is 3. The number of halogens is 1. The molecule has 0 unspecified atom stereocenters. The van der Waals surface area contributed by atoms with E-state index in [4.69, 9.17) is 4.74 Å². The first-order valence-corrected chi connectivity index (χ1v) is 8.71. The maximum atomic E-state index is 13.0. The number of ether oxygens (including phenoxy) is 1. The topological polar surface area (TPSA) is 61.8 Å². The van der Waals surface area contributed by atoms with E-state index in [0.29, 0.717) is 19.6 Å². The number of aliphatic hydroxyl groups is 1. The van der Waals surface area contributed by atoms with E-state index < -0.39 is 6.10 Å². The first-order chi connectivity index (χ1) is 11.6. The van der Waals surface area contributed by atoms with Gasteiger partial charge in [-0.2, -0.15) is 0 Å². The first kappa shape index (κ1) is 17.2. The molecule has 24 heavy (non-hydrogen) atoms. The van der Waals surface area contributed by atoms with Gasteiger partial charge < -0.3 is 20.1 Å². The minimum atomic E-state index is -0.609. The van der Waals surface area contributed by atoms with E-state index in [0.717, 1.165) is 37.9 Å². The molecule has 0 aliphatic carbocycles. The van der Waals surface area contributed by atoms with Crippen LogP contribution in [0.5, 0.6) is 0 Å². The van der Waals surface area contributed by atoms with Crippen LogP contribution in [0.25, 0.3) is 0 Å². The zero-order valence-corrected chi connectivity index (χ0v) is 13.8. The zero-order valence-electron chi connectivity index (χ0n) is 13.8. The number of likely N-dealkylation sites (tertiary alicyclic amines) is 1. The molecular weight excluding hydrogens is 311 g/mol. The maximum absolute atomic E-state index is 13.0. The zero-order chi connectivity index (χ0) is 16.9. The fraction of sp³-hybridized carbons (Fsp3) is 0.611. The lowest BCUT2D eigenvalue weighted by Gasteiger charge is -2.34. The highest BCUT2D eigenvalue weighted by molar-refractivity contribution is 5.74. The number of aliphatic hydroxyl groups excluding tert-OH is 1. The van der Waals surface area contributed by atoms with Gasteiger partial charge in [0.2, 0.25) is 0 Å². The Labute approximate surface area is 141 Å². The van der Waals surface area contributed by atoms with Crippen LogP contribution in [0.4, 0.5) is 9.18 Å². The molecule has 2 amide bonds. The molecule has 0 spiro atoms. The molecule has 3 rings (SSSR count). The number of rotatable bonds is 4. The fourth-order valence-electron chi connectivity index (χ4n) is 3.47. The summed E-state index contributed by atoms with van der Waals surface area (Å²) in [5.74, 6) is -0.207. The fourth-order valence-corrected chi connectivity index (χ4v) is 3.47. The third-order valence-corrected chi connectivity index (χ3v) is 4.99. The second-order valence-corrected chi connectivity index (χ2v) is 6.64. The minimum absolute atomic E-state index is 0.0554. The second kappa shape index (κ2) is 7.94. The van der Waals surface area contributed by atoms with Crippen molar-refractivity contribution in [3.8, 4) is 0 Å². The number of carbonyl (C=O) groups is 1. The van der Waals surface area contributed by atoms with Gasteiger partial charge in [0.05, 0.1) is 12.2 Å². The van der Waals surface area contributed by atoms with Crippen LogP contribution in [0.15, 0.2) is 24.3 Å². The van der Waals surface area contributed by atoms with Crippen molar-refractivity contribution < 1.29 is 19.0 Å². The molecule has 0 aromatic heterocycles. The number of piperidine rings is 1. The summed E-state index contributed by atoms with van der Waals surface area (Å²) in [6.07, 6.45) is 3.09. The molecule has 2 atom stereocenters. The summed E-state index contributed by atoms with van der Waals surface area (Å²) in [6.45, 7) is 2.60. The van der Waals surface area contributed by atoms with Crippen molar-refractivity contribution in [2.45, 2.75) is 37.9 Å². The number of nitrogens with one attached hydrogen (secondary N) is 1. The van der Waals surface area contributed by atoms with E-state index in [1.807, 2.05) is 0 Å². The third kappa shape index (κ3) is 4.24. The first-order valence-electron chi connectivity index (χ1n) is 8.71. The summed E-state index contributed by atoms with van der Waals surface area (Å²) in [4.78, 5) is 14.0. The van der Waals surface area contributed by atoms with Crippen molar-refractivity contribution >= 4 is 6.03 Å². The van der Waals surface area contributed by atoms with E-state index in [9.17, 15) is 14.3 Å². The molecule has 132 valence electrons. The second-order valence-electron chi connectivity index (χ2n) is 6.64. The lowest BCUT2D eigenvalue weighted by atomic mass is 9.87. The Balaban J connectivity index is 1.44. The minimum Gasteiger partial charge on any atom is -0.388 e. The van der Waals surface area contributed by atoms with Crippen LogP contribution in [-0.4, -0.2) is 48.4 Å². The van der Waals surface area contributed by atoms with Gasteiger partial charge in [0, 0.05) is 26.2 Å². The van der Waals surface area contributed by atoms with Crippen molar-refractivity contribution in [2.24, 2.45) is 5.92 Å². The van der Waals surface area contributed by atoms with Gasteiger partial charge in [-0.05, 0) is 49.3 Å². The number of benzene rings is 1.